The van der Waals surface area contributed by atoms with Gasteiger partial charge in [0.05, 0.1) is 0 Å². The predicted octanol–water partition coefficient (Wildman–Crippen LogP) is 5.40. The van der Waals surface area contributed by atoms with Crippen LogP contribution in [0.4, 0.5) is 0 Å². The summed E-state index contributed by atoms with van der Waals surface area (Å²) in [6.45, 7) is 7.29. The molecule has 2 aromatic rings. The Labute approximate surface area is 114 Å². The van der Waals surface area contributed by atoms with Crippen molar-refractivity contribution in [1.82, 2.24) is 0 Å². The van der Waals surface area contributed by atoms with Crippen LogP contribution in [0.3, 0.4) is 0 Å². The van der Waals surface area contributed by atoms with Gasteiger partial charge in [-0.25, -0.2) is 0 Å². The lowest BCUT2D eigenvalue weighted by Crippen LogP contribution is -1.77. The van der Waals surface area contributed by atoms with Gasteiger partial charge in [0.1, 0.15) is 0 Å². The third-order valence-corrected chi connectivity index (χ3v) is 2.68. The lowest BCUT2D eigenvalue weighted by atomic mass is 10.1. The molecule has 2 aromatic carbocycles. The molecule has 0 aliphatic heterocycles. The van der Waals surface area contributed by atoms with Crippen molar-refractivity contribution < 1.29 is 0 Å². The molecule has 0 heterocycles. The Balaban J connectivity index is 0.000000184. The van der Waals surface area contributed by atoms with Gasteiger partial charge < -0.3 is 0 Å². The first-order valence-electron chi connectivity index (χ1n) is 5.75. The van der Waals surface area contributed by atoms with Crippen molar-refractivity contribution in [2.24, 2.45) is 0 Å². The van der Waals surface area contributed by atoms with Gasteiger partial charge in [-0.1, -0.05) is 79.9 Å². The average Bonchev–Trinajstić information content (AvgIpc) is 2.48. The zero-order valence-electron chi connectivity index (χ0n) is 10.4. The average molecular weight is 257 g/mol. The number of alkyl halides is 1. The summed E-state index contributed by atoms with van der Waals surface area (Å²) in [5, 5.41) is 0. The highest BCUT2D eigenvalue weighted by atomic mass is 35.5. The Morgan fingerprint density at radius 3 is 1.94 bits per heavy atom. The lowest BCUT2D eigenvalue weighted by molar-refractivity contribution is 1.39. The summed E-state index contributed by atoms with van der Waals surface area (Å²) in [5.41, 5.74) is 3.43. The van der Waals surface area contributed by atoms with Gasteiger partial charge in [-0.3, -0.25) is 0 Å². The van der Waals surface area contributed by atoms with E-state index >= 15 is 0 Å². The monoisotopic (exact) mass is 256 g/mol. The fourth-order valence-corrected chi connectivity index (χ4v) is 1.56. The molecule has 92 valence electrons. The molecule has 0 saturated carbocycles. The second-order valence-electron chi connectivity index (χ2n) is 3.70. The molecule has 0 unspecified atom stereocenters. The van der Waals surface area contributed by atoms with E-state index in [0.717, 1.165) is 11.1 Å². The molecule has 0 amide bonds. The van der Waals surface area contributed by atoms with Gasteiger partial charge in [0.2, 0.25) is 0 Å². The van der Waals surface area contributed by atoms with Crippen LogP contribution in [-0.4, -0.2) is 0 Å². The van der Waals surface area contributed by atoms with E-state index in [1.165, 1.54) is 5.56 Å². The summed E-state index contributed by atoms with van der Waals surface area (Å²) in [6, 6.07) is 18.0. The van der Waals surface area contributed by atoms with Crippen LogP contribution in [-0.2, 0) is 5.88 Å². The first kappa shape index (κ1) is 14.3. The maximum absolute atomic E-state index is 5.62. The van der Waals surface area contributed by atoms with Crippen LogP contribution in [0.5, 0.6) is 0 Å². The van der Waals surface area contributed by atoms with E-state index in [1.54, 1.807) is 0 Å². The van der Waals surface area contributed by atoms with Crippen molar-refractivity contribution in [3.05, 3.63) is 84.4 Å². The highest BCUT2D eigenvalue weighted by Gasteiger charge is 1.88. The van der Waals surface area contributed by atoms with Gasteiger partial charge in [-0.05, 0) is 16.7 Å². The van der Waals surface area contributed by atoms with E-state index in [9.17, 15) is 0 Å². The molecule has 0 N–H and O–H groups in total. The smallest absolute Gasteiger partial charge is 0.0474 e. The van der Waals surface area contributed by atoms with Crippen LogP contribution < -0.4 is 0 Å². The fraction of sp³-hybridized carbons (Fsp3) is 0.0588. The first-order valence-corrected chi connectivity index (χ1v) is 6.28. The first-order chi connectivity index (χ1) is 8.80. The fourth-order valence-electron chi connectivity index (χ4n) is 1.39. The Bertz CT molecular complexity index is 486. The Kier molecular flexibility index (Phi) is 6.60. The van der Waals surface area contributed by atoms with Crippen LogP contribution in [0.1, 0.15) is 16.7 Å². The third kappa shape index (κ3) is 5.03. The topological polar surface area (TPSA) is 0 Å². The molecule has 0 radical (unpaired) electrons. The van der Waals surface area contributed by atoms with Crippen molar-refractivity contribution in [2.75, 3.05) is 0 Å². The van der Waals surface area contributed by atoms with E-state index in [4.69, 9.17) is 11.6 Å². The Morgan fingerprint density at radius 1 is 0.833 bits per heavy atom. The van der Waals surface area contributed by atoms with Gasteiger partial charge in [0.25, 0.3) is 0 Å². The summed E-state index contributed by atoms with van der Waals surface area (Å²) in [7, 11) is 0. The zero-order chi connectivity index (χ0) is 13.2. The van der Waals surface area contributed by atoms with Crippen molar-refractivity contribution in [1.29, 1.82) is 0 Å². The van der Waals surface area contributed by atoms with Gasteiger partial charge in [-0.2, -0.15) is 0 Å². The summed E-state index contributed by atoms with van der Waals surface area (Å²) >= 11 is 5.62. The van der Waals surface area contributed by atoms with E-state index < -0.39 is 0 Å². The molecule has 1 heteroatoms. The minimum absolute atomic E-state index is 0.571. The quantitative estimate of drug-likeness (QED) is 0.645. The van der Waals surface area contributed by atoms with Crippen molar-refractivity contribution >= 4 is 23.8 Å². The maximum Gasteiger partial charge on any atom is 0.0474 e. The number of rotatable bonds is 3. The standard InChI is InChI=1S/C9H9Cl.C8H8/c1-2-8-4-3-5-9(6-8)7-10;1-2-8-6-4-3-5-7-8/h2-6H,1,7H2;2-7H,1H2. The second kappa shape index (κ2) is 8.32. The van der Waals surface area contributed by atoms with Gasteiger partial charge >= 0.3 is 0 Å². The van der Waals surface area contributed by atoms with Gasteiger partial charge in [0.15, 0.2) is 0 Å². The van der Waals surface area contributed by atoms with Gasteiger partial charge in [0, 0.05) is 5.88 Å². The van der Waals surface area contributed by atoms with Crippen LogP contribution in [0.15, 0.2) is 67.8 Å². The van der Waals surface area contributed by atoms with Crippen molar-refractivity contribution in [2.45, 2.75) is 5.88 Å². The molecule has 0 nitrogen and oxygen atoms in total. The van der Waals surface area contributed by atoms with E-state index in [2.05, 4.69) is 13.2 Å². The molecule has 0 atom stereocenters. The van der Waals surface area contributed by atoms with Gasteiger partial charge in [-0.15, -0.1) is 11.6 Å². The number of hydrogen-bond donors (Lipinski definition) is 0. The van der Waals surface area contributed by atoms with Crippen LogP contribution in [0, 0.1) is 0 Å². The number of benzene rings is 2. The maximum atomic E-state index is 5.62. The summed E-state index contributed by atoms with van der Waals surface area (Å²) in [4.78, 5) is 0. The largest absolute Gasteiger partial charge is 0.122 e. The molecule has 0 saturated heterocycles. The molecule has 2 rings (SSSR count). The lowest BCUT2D eigenvalue weighted by Gasteiger charge is -1.95. The van der Waals surface area contributed by atoms with Crippen molar-refractivity contribution in [3.8, 4) is 0 Å². The summed E-state index contributed by atoms with van der Waals surface area (Å²) < 4.78 is 0. The predicted molar refractivity (Wildman–Crippen MR) is 82.6 cm³/mol. The molecule has 0 spiro atoms. The van der Waals surface area contributed by atoms with Crippen LogP contribution in [0.25, 0.3) is 12.2 Å². The van der Waals surface area contributed by atoms with Crippen LogP contribution in [0.2, 0.25) is 0 Å². The van der Waals surface area contributed by atoms with E-state index in [0.29, 0.717) is 5.88 Å². The van der Waals surface area contributed by atoms with Crippen LogP contribution >= 0.6 is 11.6 Å². The summed E-state index contributed by atoms with van der Waals surface area (Å²) in [5.74, 6) is 0.571. The Morgan fingerprint density at radius 2 is 1.44 bits per heavy atom. The van der Waals surface area contributed by atoms with E-state index in [-0.39, 0.29) is 0 Å². The zero-order valence-corrected chi connectivity index (χ0v) is 11.1. The molecule has 0 bridgehead atoms. The SMILES string of the molecule is C=Cc1cccc(CCl)c1.C=Cc1ccccc1. The molecule has 18 heavy (non-hydrogen) atoms. The Hall–Kier alpha value is -1.79. The third-order valence-electron chi connectivity index (χ3n) is 2.38. The summed E-state index contributed by atoms with van der Waals surface area (Å²) in [6.07, 6.45) is 3.65. The van der Waals surface area contributed by atoms with Crippen molar-refractivity contribution in [3.63, 3.8) is 0 Å². The number of halogens is 1. The molecular weight excluding hydrogens is 240 g/mol. The highest BCUT2D eigenvalue weighted by Crippen LogP contribution is 2.07. The molecule has 0 aliphatic carbocycles. The minimum atomic E-state index is 0.571. The highest BCUT2D eigenvalue weighted by molar-refractivity contribution is 6.17. The minimum Gasteiger partial charge on any atom is -0.122 e. The molecule has 0 aliphatic rings. The van der Waals surface area contributed by atoms with E-state index in [1.807, 2.05) is 66.7 Å². The normalized spacial score (nSPS) is 8.94. The molecular formula is C17H17Cl. The molecule has 0 aromatic heterocycles. The number of hydrogen-bond acceptors (Lipinski definition) is 0. The second-order valence-corrected chi connectivity index (χ2v) is 3.96. The molecule has 0 fully saturated rings.